The van der Waals surface area contributed by atoms with Crippen LogP contribution in [-0.4, -0.2) is 48.1 Å². The molecule has 0 amide bonds. The van der Waals surface area contributed by atoms with E-state index in [4.69, 9.17) is 9.47 Å². The van der Waals surface area contributed by atoms with Crippen molar-refractivity contribution in [2.75, 3.05) is 7.11 Å². The molecule has 0 aromatic rings. The highest BCUT2D eigenvalue weighted by molar-refractivity contribution is 5.99. The van der Waals surface area contributed by atoms with Gasteiger partial charge < -0.3 is 14.6 Å². The van der Waals surface area contributed by atoms with Crippen molar-refractivity contribution in [1.29, 1.82) is 0 Å². The van der Waals surface area contributed by atoms with E-state index in [1.165, 1.54) is 14.0 Å². The molecule has 2 bridgehead atoms. The second-order valence-electron chi connectivity index (χ2n) is 4.95. The molecule has 100 valence electrons. The number of fused-ring (bicyclic) bond motifs is 2. The molecule has 5 atom stereocenters. The summed E-state index contributed by atoms with van der Waals surface area (Å²) in [6.45, 7) is 2.97. The van der Waals surface area contributed by atoms with E-state index in [1.54, 1.807) is 6.92 Å². The van der Waals surface area contributed by atoms with Crippen LogP contribution in [0.2, 0.25) is 0 Å². The number of esters is 1. The summed E-state index contributed by atoms with van der Waals surface area (Å²) < 4.78 is 10.2. The SMILES string of the molecule is COC(=O)[C@]12[C@@H](C(C)=O)O[C@H](CC(=O)[C@@H]1O)[C@H]2C. The summed E-state index contributed by atoms with van der Waals surface area (Å²) in [5.41, 5.74) is -1.60. The van der Waals surface area contributed by atoms with E-state index in [0.717, 1.165) is 0 Å². The zero-order valence-electron chi connectivity index (χ0n) is 10.5. The number of hydrogen-bond donors (Lipinski definition) is 1. The quantitative estimate of drug-likeness (QED) is 0.668. The minimum absolute atomic E-state index is 0.0187. The Morgan fingerprint density at radius 3 is 2.61 bits per heavy atom. The second kappa shape index (κ2) is 4.13. The van der Waals surface area contributed by atoms with Gasteiger partial charge in [-0.05, 0) is 6.92 Å². The van der Waals surface area contributed by atoms with Crippen LogP contribution in [0, 0.1) is 11.3 Å². The van der Waals surface area contributed by atoms with Gasteiger partial charge in [0.1, 0.15) is 17.6 Å². The third kappa shape index (κ3) is 1.39. The molecule has 1 aliphatic carbocycles. The molecule has 0 radical (unpaired) electrons. The first-order valence-corrected chi connectivity index (χ1v) is 5.82. The van der Waals surface area contributed by atoms with Crippen LogP contribution in [0.4, 0.5) is 0 Å². The van der Waals surface area contributed by atoms with Crippen molar-refractivity contribution < 1.29 is 29.0 Å². The van der Waals surface area contributed by atoms with Crippen LogP contribution in [0.1, 0.15) is 20.3 Å². The Morgan fingerprint density at radius 2 is 2.11 bits per heavy atom. The summed E-state index contributed by atoms with van der Waals surface area (Å²) in [5.74, 6) is -2.07. The van der Waals surface area contributed by atoms with Crippen LogP contribution in [0.5, 0.6) is 0 Å². The van der Waals surface area contributed by atoms with Gasteiger partial charge in [0.05, 0.1) is 13.2 Å². The van der Waals surface area contributed by atoms with E-state index in [-0.39, 0.29) is 12.2 Å². The number of carbonyl (C=O) groups excluding carboxylic acids is 3. The van der Waals surface area contributed by atoms with Crippen molar-refractivity contribution in [3.63, 3.8) is 0 Å². The molecular formula is C12H16O6. The number of aliphatic hydroxyl groups excluding tert-OH is 1. The second-order valence-corrected chi connectivity index (χ2v) is 4.95. The summed E-state index contributed by atoms with van der Waals surface area (Å²) in [7, 11) is 1.17. The molecule has 0 unspecified atom stereocenters. The number of ketones is 2. The standard InChI is InChI=1S/C12H16O6/c1-5-8-4-7(14)9(15)12(5,11(16)17-3)10(18-8)6(2)13/h5,8-10,15H,4H2,1-3H3/t5-,8-,9+,10-,12+/m1/s1. The smallest absolute Gasteiger partial charge is 0.318 e. The number of aliphatic hydroxyl groups is 1. The zero-order chi connectivity index (χ0) is 13.7. The molecule has 6 nitrogen and oxygen atoms in total. The Kier molecular flexibility index (Phi) is 3.03. The van der Waals surface area contributed by atoms with Gasteiger partial charge in [-0.25, -0.2) is 0 Å². The summed E-state index contributed by atoms with van der Waals surface area (Å²) in [6, 6.07) is 0. The fraction of sp³-hybridized carbons (Fsp3) is 0.750. The average Bonchev–Trinajstić information content (AvgIpc) is 2.55. The van der Waals surface area contributed by atoms with Crippen molar-refractivity contribution >= 4 is 17.5 Å². The van der Waals surface area contributed by atoms with Crippen molar-refractivity contribution in [2.45, 2.75) is 38.6 Å². The lowest BCUT2D eigenvalue weighted by Crippen LogP contribution is -2.59. The Hall–Kier alpha value is -1.27. The molecular weight excluding hydrogens is 240 g/mol. The number of rotatable bonds is 2. The Morgan fingerprint density at radius 1 is 1.50 bits per heavy atom. The maximum Gasteiger partial charge on any atom is 0.318 e. The predicted molar refractivity (Wildman–Crippen MR) is 58.6 cm³/mol. The van der Waals surface area contributed by atoms with E-state index in [0.29, 0.717) is 0 Å². The van der Waals surface area contributed by atoms with Crippen LogP contribution in [-0.2, 0) is 23.9 Å². The molecule has 1 N–H and O–H groups in total. The van der Waals surface area contributed by atoms with Crippen LogP contribution in [0.25, 0.3) is 0 Å². The Balaban J connectivity index is 2.58. The molecule has 1 heterocycles. The molecule has 1 aliphatic heterocycles. The van der Waals surface area contributed by atoms with Gasteiger partial charge in [-0.15, -0.1) is 0 Å². The van der Waals surface area contributed by atoms with Crippen LogP contribution in [0.15, 0.2) is 0 Å². The third-order valence-electron chi connectivity index (χ3n) is 4.12. The fourth-order valence-electron chi connectivity index (χ4n) is 3.16. The van der Waals surface area contributed by atoms with Gasteiger partial charge in [-0.2, -0.15) is 0 Å². The topological polar surface area (TPSA) is 89.9 Å². The van der Waals surface area contributed by atoms with Gasteiger partial charge in [0.2, 0.25) is 0 Å². The van der Waals surface area contributed by atoms with E-state index in [1.807, 2.05) is 0 Å². The van der Waals surface area contributed by atoms with Crippen LogP contribution in [0.3, 0.4) is 0 Å². The van der Waals surface area contributed by atoms with E-state index in [9.17, 15) is 19.5 Å². The summed E-state index contributed by atoms with van der Waals surface area (Å²) in [4.78, 5) is 35.5. The molecule has 6 heteroatoms. The van der Waals surface area contributed by atoms with Gasteiger partial charge in [0, 0.05) is 12.3 Å². The van der Waals surface area contributed by atoms with Crippen LogP contribution < -0.4 is 0 Å². The van der Waals surface area contributed by atoms with E-state index < -0.39 is 41.4 Å². The predicted octanol–water partition coefficient (Wildman–Crippen LogP) is -0.528. The monoisotopic (exact) mass is 256 g/mol. The number of methoxy groups -OCH3 is 1. The maximum atomic E-state index is 12.1. The highest BCUT2D eigenvalue weighted by atomic mass is 16.5. The first-order valence-electron chi connectivity index (χ1n) is 5.82. The van der Waals surface area contributed by atoms with Gasteiger partial charge in [0.25, 0.3) is 0 Å². The minimum Gasteiger partial charge on any atom is -0.468 e. The molecule has 2 rings (SSSR count). The molecule has 1 saturated carbocycles. The minimum atomic E-state index is -1.60. The van der Waals surface area contributed by atoms with Gasteiger partial charge in [-0.3, -0.25) is 14.4 Å². The van der Waals surface area contributed by atoms with Gasteiger partial charge in [0.15, 0.2) is 11.6 Å². The average molecular weight is 256 g/mol. The molecule has 0 spiro atoms. The number of ether oxygens (including phenoxy) is 2. The van der Waals surface area contributed by atoms with Gasteiger partial charge >= 0.3 is 5.97 Å². The number of Topliss-reactive ketones (excluding diaryl/α,β-unsaturated/α-hetero) is 2. The largest absolute Gasteiger partial charge is 0.468 e. The first-order chi connectivity index (χ1) is 8.37. The molecule has 0 aromatic heterocycles. The lowest BCUT2D eigenvalue weighted by molar-refractivity contribution is -0.175. The molecule has 1 saturated heterocycles. The van der Waals surface area contributed by atoms with Crippen molar-refractivity contribution in [2.24, 2.45) is 11.3 Å². The third-order valence-corrected chi connectivity index (χ3v) is 4.12. The normalized spacial score (nSPS) is 42.8. The summed E-state index contributed by atoms with van der Waals surface area (Å²) in [6.07, 6.45) is -3.17. The van der Waals surface area contributed by atoms with E-state index in [2.05, 4.69) is 0 Å². The van der Waals surface area contributed by atoms with Crippen molar-refractivity contribution in [3.05, 3.63) is 0 Å². The highest BCUT2D eigenvalue weighted by Gasteiger charge is 2.69. The van der Waals surface area contributed by atoms with Crippen molar-refractivity contribution in [1.82, 2.24) is 0 Å². The maximum absolute atomic E-state index is 12.1. The Labute approximate surface area is 104 Å². The lowest BCUT2D eigenvalue weighted by Gasteiger charge is -2.39. The lowest BCUT2D eigenvalue weighted by atomic mass is 9.62. The van der Waals surface area contributed by atoms with E-state index >= 15 is 0 Å². The molecule has 2 aliphatic rings. The summed E-state index contributed by atoms with van der Waals surface area (Å²) in [5, 5.41) is 10.1. The number of hydrogen-bond acceptors (Lipinski definition) is 6. The first kappa shape index (κ1) is 13.2. The molecule has 2 fully saturated rings. The molecule has 0 aromatic carbocycles. The molecule has 18 heavy (non-hydrogen) atoms. The Bertz CT molecular complexity index is 417. The summed E-state index contributed by atoms with van der Waals surface area (Å²) >= 11 is 0. The fourth-order valence-corrected chi connectivity index (χ4v) is 3.16. The van der Waals surface area contributed by atoms with Gasteiger partial charge in [-0.1, -0.05) is 6.92 Å². The zero-order valence-corrected chi connectivity index (χ0v) is 10.5. The van der Waals surface area contributed by atoms with Crippen molar-refractivity contribution in [3.8, 4) is 0 Å². The highest BCUT2D eigenvalue weighted by Crippen LogP contribution is 2.52. The number of carbonyl (C=O) groups is 3. The van der Waals surface area contributed by atoms with Crippen LogP contribution >= 0.6 is 0 Å².